The van der Waals surface area contributed by atoms with Gasteiger partial charge in [-0.15, -0.1) is 0 Å². The molecule has 0 spiro atoms. The van der Waals surface area contributed by atoms with Gasteiger partial charge in [0.15, 0.2) is 0 Å². The van der Waals surface area contributed by atoms with E-state index in [9.17, 15) is 0 Å². The van der Waals surface area contributed by atoms with Crippen LogP contribution in [0.1, 0.15) is 25.7 Å². The fraction of sp³-hybridized carbons (Fsp3) is 1.00. The molecule has 0 saturated heterocycles. The van der Waals surface area contributed by atoms with E-state index in [4.69, 9.17) is 0 Å². The molecule has 0 aromatic rings. The molecule has 0 unspecified atom stereocenters. The van der Waals surface area contributed by atoms with Crippen molar-refractivity contribution in [3.63, 3.8) is 0 Å². The van der Waals surface area contributed by atoms with E-state index in [0.717, 1.165) is 0 Å². The molecule has 0 radical (unpaired) electrons. The van der Waals surface area contributed by atoms with Crippen molar-refractivity contribution in [2.75, 3.05) is 0 Å². The highest BCUT2D eigenvalue weighted by atomic mass is 14.6. The molecule has 0 aliphatic heterocycles. The molecule has 0 heterocycles. The van der Waals surface area contributed by atoms with Crippen LogP contribution in [0.25, 0.3) is 0 Å². The van der Waals surface area contributed by atoms with Crippen LogP contribution in [-0.2, 0) is 0 Å². The Morgan fingerprint density at radius 3 is 0.875 bits per heavy atom. The Balaban J connectivity index is 1.87. The molecule has 3 aliphatic rings. The summed E-state index contributed by atoms with van der Waals surface area (Å²) in [6, 6.07) is 0. The van der Waals surface area contributed by atoms with Crippen LogP contribution in [0.3, 0.4) is 0 Å². The van der Waals surface area contributed by atoms with Crippen LogP contribution in [0.4, 0.5) is 0 Å². The summed E-state index contributed by atoms with van der Waals surface area (Å²) in [5.74, 6) is 4.98. The van der Waals surface area contributed by atoms with Crippen molar-refractivity contribution in [2.24, 2.45) is 23.7 Å². The highest BCUT2D eigenvalue weighted by Gasteiger charge is 2.58. The first-order valence-corrected chi connectivity index (χ1v) is 3.97. The number of rotatable bonds is 0. The van der Waals surface area contributed by atoms with Crippen LogP contribution in [0.2, 0.25) is 0 Å². The van der Waals surface area contributed by atoms with Gasteiger partial charge in [-0.25, -0.2) is 0 Å². The van der Waals surface area contributed by atoms with Crippen molar-refractivity contribution in [2.45, 2.75) is 25.7 Å². The maximum Gasteiger partial charge on any atom is -0.0352 e. The minimum atomic E-state index is 1.24. The Labute approximate surface area is 50.3 Å². The van der Waals surface area contributed by atoms with Gasteiger partial charge in [0.2, 0.25) is 0 Å². The lowest BCUT2D eigenvalue weighted by Crippen LogP contribution is -2.58. The van der Waals surface area contributed by atoms with E-state index in [0.29, 0.717) is 0 Å². The zero-order valence-electron chi connectivity index (χ0n) is 5.14. The monoisotopic (exact) mass is 108 g/mol. The van der Waals surface area contributed by atoms with Crippen molar-refractivity contribution in [1.29, 1.82) is 0 Å². The van der Waals surface area contributed by atoms with Gasteiger partial charge in [0.1, 0.15) is 0 Å². The van der Waals surface area contributed by atoms with Gasteiger partial charge in [-0.05, 0) is 49.4 Å². The summed E-state index contributed by atoms with van der Waals surface area (Å²) in [7, 11) is 0. The molecule has 3 fully saturated rings. The van der Waals surface area contributed by atoms with Crippen molar-refractivity contribution >= 4 is 0 Å². The molecule has 0 atom stereocenters. The van der Waals surface area contributed by atoms with Crippen LogP contribution < -0.4 is 0 Å². The number of hydrogen-bond acceptors (Lipinski definition) is 0. The van der Waals surface area contributed by atoms with E-state index in [1.807, 2.05) is 0 Å². The molecule has 0 amide bonds. The zero-order chi connectivity index (χ0) is 5.14. The average molecular weight is 108 g/mol. The molecule has 0 nitrogen and oxygen atoms in total. The Bertz CT molecular complexity index is 88.0. The molecular formula is C8H12. The first kappa shape index (κ1) is 3.92. The van der Waals surface area contributed by atoms with Gasteiger partial charge in [0.05, 0.1) is 0 Å². The van der Waals surface area contributed by atoms with Gasteiger partial charge in [-0.2, -0.15) is 0 Å². The summed E-state index contributed by atoms with van der Waals surface area (Å²) in [5.41, 5.74) is 0. The van der Waals surface area contributed by atoms with Gasteiger partial charge in [0.25, 0.3) is 0 Å². The third kappa shape index (κ3) is 0.222. The fourth-order valence-corrected chi connectivity index (χ4v) is 3.08. The van der Waals surface area contributed by atoms with E-state index >= 15 is 0 Å². The maximum atomic E-state index is 1.59. The number of hydrogen-bond donors (Lipinski definition) is 0. The molecule has 44 valence electrons. The lowest BCUT2D eigenvalue weighted by molar-refractivity contribution is -0.165. The Morgan fingerprint density at radius 1 is 0.500 bits per heavy atom. The van der Waals surface area contributed by atoms with Crippen LogP contribution in [0.15, 0.2) is 0 Å². The van der Waals surface area contributed by atoms with Crippen LogP contribution in [0.5, 0.6) is 0 Å². The average Bonchev–Trinajstić information content (AvgIpc) is 1.70. The maximum absolute atomic E-state index is 1.59. The summed E-state index contributed by atoms with van der Waals surface area (Å²) in [6.45, 7) is 0. The molecule has 3 rings (SSSR count). The van der Waals surface area contributed by atoms with E-state index in [-0.39, 0.29) is 0 Å². The molecule has 0 heteroatoms. The second-order valence-corrected chi connectivity index (χ2v) is 3.81. The summed E-state index contributed by atoms with van der Waals surface area (Å²) in [4.78, 5) is 0. The van der Waals surface area contributed by atoms with Gasteiger partial charge >= 0.3 is 0 Å². The minimum Gasteiger partial charge on any atom is -0.0496 e. The predicted molar refractivity (Wildman–Crippen MR) is 32.4 cm³/mol. The molecule has 3 aliphatic carbocycles. The van der Waals surface area contributed by atoms with Crippen molar-refractivity contribution in [1.82, 2.24) is 0 Å². The van der Waals surface area contributed by atoms with Crippen LogP contribution >= 0.6 is 0 Å². The van der Waals surface area contributed by atoms with Gasteiger partial charge in [-0.1, -0.05) is 0 Å². The third-order valence-corrected chi connectivity index (χ3v) is 3.87. The Hall–Kier alpha value is 0. The molecule has 0 aromatic carbocycles. The van der Waals surface area contributed by atoms with E-state index in [2.05, 4.69) is 0 Å². The highest BCUT2D eigenvalue weighted by molar-refractivity contribution is 5.07. The second-order valence-electron chi connectivity index (χ2n) is 3.81. The molecule has 3 saturated carbocycles. The molecule has 0 bridgehead atoms. The minimum absolute atomic E-state index is 1.24. The summed E-state index contributed by atoms with van der Waals surface area (Å²) in [6.07, 6.45) is 6.36. The molecular weight excluding hydrogens is 96.1 g/mol. The Kier molecular flexibility index (Phi) is 0.482. The molecule has 0 N–H and O–H groups in total. The fourth-order valence-electron chi connectivity index (χ4n) is 3.08. The van der Waals surface area contributed by atoms with Gasteiger partial charge < -0.3 is 0 Å². The first-order valence-electron chi connectivity index (χ1n) is 3.97. The topological polar surface area (TPSA) is 0 Å². The van der Waals surface area contributed by atoms with Gasteiger partial charge in [0, 0.05) is 0 Å². The zero-order valence-corrected chi connectivity index (χ0v) is 5.14. The van der Waals surface area contributed by atoms with Gasteiger partial charge in [-0.3, -0.25) is 0 Å². The first-order chi connectivity index (χ1) is 3.97. The lowest BCUT2D eigenvalue weighted by atomic mass is 9.39. The van der Waals surface area contributed by atoms with Crippen LogP contribution in [-0.4, -0.2) is 0 Å². The van der Waals surface area contributed by atoms with E-state index in [1.165, 1.54) is 23.7 Å². The standard InChI is InChI=1S/C8H12/c1-2-6-5(1)7-3-4-8(6)7/h5-8H,1-4H2. The van der Waals surface area contributed by atoms with Crippen molar-refractivity contribution in [3.05, 3.63) is 0 Å². The normalized spacial score (nSPS) is 66.0. The molecule has 0 aromatic heterocycles. The second kappa shape index (κ2) is 0.984. The summed E-state index contributed by atoms with van der Waals surface area (Å²) >= 11 is 0. The lowest BCUT2D eigenvalue weighted by Gasteiger charge is -2.66. The quantitative estimate of drug-likeness (QED) is 0.445. The van der Waals surface area contributed by atoms with Crippen molar-refractivity contribution < 1.29 is 0 Å². The summed E-state index contributed by atoms with van der Waals surface area (Å²) < 4.78 is 0. The smallest absolute Gasteiger partial charge is 0.0352 e. The molecule has 8 heavy (non-hydrogen) atoms. The third-order valence-electron chi connectivity index (χ3n) is 3.87. The SMILES string of the molecule is C1CC2C1C1CCC21. The van der Waals surface area contributed by atoms with Crippen LogP contribution in [0, 0.1) is 23.7 Å². The van der Waals surface area contributed by atoms with E-state index in [1.54, 1.807) is 25.7 Å². The highest BCUT2D eigenvalue weighted by Crippen LogP contribution is 2.66. The van der Waals surface area contributed by atoms with Crippen molar-refractivity contribution in [3.8, 4) is 0 Å². The predicted octanol–water partition coefficient (Wildman–Crippen LogP) is 2.05. The summed E-state index contributed by atoms with van der Waals surface area (Å²) in [5, 5.41) is 0. The van der Waals surface area contributed by atoms with E-state index < -0.39 is 0 Å². The number of fused-ring (bicyclic) bond motifs is 4. The largest absolute Gasteiger partial charge is 0.0496 e. The Morgan fingerprint density at radius 2 is 0.750 bits per heavy atom.